The largest absolute Gasteiger partial charge is 0.300 e. The SMILES string of the molecule is C[C@@H](C#N)CN1CCN(Cc2nc3ccccc3s2)CC1. The van der Waals surface area contributed by atoms with Gasteiger partial charge in [-0.05, 0) is 19.1 Å². The lowest BCUT2D eigenvalue weighted by atomic mass is 10.2. The molecule has 1 saturated heterocycles. The first kappa shape index (κ1) is 14.5. The van der Waals surface area contributed by atoms with Crippen LogP contribution in [0.4, 0.5) is 0 Å². The molecule has 21 heavy (non-hydrogen) atoms. The van der Waals surface area contributed by atoms with E-state index in [0.29, 0.717) is 0 Å². The van der Waals surface area contributed by atoms with Crippen molar-refractivity contribution < 1.29 is 0 Å². The lowest BCUT2D eigenvalue weighted by Crippen LogP contribution is -2.46. The number of fused-ring (bicyclic) bond motifs is 1. The molecule has 3 rings (SSSR count). The van der Waals surface area contributed by atoms with Gasteiger partial charge in [-0.25, -0.2) is 4.98 Å². The molecule has 1 atom stereocenters. The third-order valence-electron chi connectivity index (χ3n) is 3.91. The Labute approximate surface area is 129 Å². The average Bonchev–Trinajstić information content (AvgIpc) is 2.91. The first-order valence-electron chi connectivity index (χ1n) is 7.43. The lowest BCUT2D eigenvalue weighted by Gasteiger charge is -2.34. The molecule has 5 heteroatoms. The Bertz CT molecular complexity index is 604. The monoisotopic (exact) mass is 300 g/mol. The van der Waals surface area contributed by atoms with Crippen molar-refractivity contribution in [3.63, 3.8) is 0 Å². The first-order chi connectivity index (χ1) is 10.2. The van der Waals surface area contributed by atoms with E-state index in [9.17, 15) is 0 Å². The second-order valence-corrected chi connectivity index (χ2v) is 6.80. The fourth-order valence-corrected chi connectivity index (χ4v) is 3.75. The third-order valence-corrected chi connectivity index (χ3v) is 4.94. The molecule has 0 spiro atoms. The summed E-state index contributed by atoms with van der Waals surface area (Å²) in [5.74, 6) is 0.126. The van der Waals surface area contributed by atoms with Crippen molar-refractivity contribution in [2.75, 3.05) is 32.7 Å². The minimum absolute atomic E-state index is 0.126. The van der Waals surface area contributed by atoms with Gasteiger partial charge in [0.05, 0.1) is 28.7 Å². The summed E-state index contributed by atoms with van der Waals surface area (Å²) in [6.45, 7) is 8.07. The van der Waals surface area contributed by atoms with Crippen LogP contribution < -0.4 is 0 Å². The average molecular weight is 300 g/mol. The number of benzene rings is 1. The Balaban J connectivity index is 1.54. The number of thiazole rings is 1. The second kappa shape index (κ2) is 6.52. The molecule has 0 N–H and O–H groups in total. The van der Waals surface area contributed by atoms with E-state index in [1.165, 1.54) is 9.71 Å². The molecular formula is C16H20N4S. The van der Waals surface area contributed by atoms with Crippen LogP contribution in [0.2, 0.25) is 0 Å². The Morgan fingerprint density at radius 1 is 1.24 bits per heavy atom. The number of rotatable bonds is 4. The fraction of sp³-hybridized carbons (Fsp3) is 0.500. The van der Waals surface area contributed by atoms with Crippen LogP contribution in [0.25, 0.3) is 10.2 Å². The summed E-state index contributed by atoms with van der Waals surface area (Å²) in [5.41, 5.74) is 1.11. The van der Waals surface area contributed by atoms with Gasteiger partial charge >= 0.3 is 0 Å². The van der Waals surface area contributed by atoms with E-state index in [-0.39, 0.29) is 5.92 Å². The standard InChI is InChI=1S/C16H20N4S/c1-13(10-17)11-19-6-8-20(9-7-19)12-16-18-14-4-2-3-5-15(14)21-16/h2-5,13H,6-9,11-12H2,1H3/t13-/m0/s1. The Kier molecular flexibility index (Phi) is 4.49. The highest BCUT2D eigenvalue weighted by Gasteiger charge is 2.19. The second-order valence-electron chi connectivity index (χ2n) is 5.68. The van der Waals surface area contributed by atoms with E-state index in [1.54, 1.807) is 11.3 Å². The molecule has 1 aromatic carbocycles. The van der Waals surface area contributed by atoms with Gasteiger partial charge in [-0.3, -0.25) is 9.80 Å². The maximum atomic E-state index is 8.89. The highest BCUT2D eigenvalue weighted by molar-refractivity contribution is 7.18. The third kappa shape index (κ3) is 3.59. The van der Waals surface area contributed by atoms with Crippen LogP contribution in [0.3, 0.4) is 0 Å². The topological polar surface area (TPSA) is 43.2 Å². The van der Waals surface area contributed by atoms with Crippen molar-refractivity contribution in [1.82, 2.24) is 14.8 Å². The van der Waals surface area contributed by atoms with Gasteiger partial charge in [0.1, 0.15) is 5.01 Å². The Hall–Kier alpha value is -1.48. The number of hydrogen-bond acceptors (Lipinski definition) is 5. The number of hydrogen-bond donors (Lipinski definition) is 0. The molecule has 0 amide bonds. The van der Waals surface area contributed by atoms with Gasteiger partial charge in [-0.2, -0.15) is 5.26 Å². The smallest absolute Gasteiger partial charge is 0.108 e. The highest BCUT2D eigenvalue weighted by atomic mass is 32.1. The van der Waals surface area contributed by atoms with Gasteiger partial charge in [0.25, 0.3) is 0 Å². The molecule has 2 aromatic rings. The molecule has 110 valence electrons. The van der Waals surface area contributed by atoms with Crippen molar-refractivity contribution in [2.24, 2.45) is 5.92 Å². The maximum Gasteiger partial charge on any atom is 0.108 e. The summed E-state index contributed by atoms with van der Waals surface area (Å²) < 4.78 is 1.27. The molecular weight excluding hydrogens is 280 g/mol. The van der Waals surface area contributed by atoms with Crippen molar-refractivity contribution in [3.8, 4) is 6.07 Å². The van der Waals surface area contributed by atoms with E-state index < -0.39 is 0 Å². The molecule has 0 radical (unpaired) electrons. The highest BCUT2D eigenvalue weighted by Crippen LogP contribution is 2.23. The van der Waals surface area contributed by atoms with Crippen LogP contribution in [0.1, 0.15) is 11.9 Å². The summed E-state index contributed by atoms with van der Waals surface area (Å²) in [6, 6.07) is 10.6. The normalized spacial score (nSPS) is 18.7. The van der Waals surface area contributed by atoms with Gasteiger partial charge in [0, 0.05) is 32.7 Å². The van der Waals surface area contributed by atoms with Crippen LogP contribution in [-0.4, -0.2) is 47.5 Å². The lowest BCUT2D eigenvalue weighted by molar-refractivity contribution is 0.121. The summed E-state index contributed by atoms with van der Waals surface area (Å²) in [7, 11) is 0. The molecule has 4 nitrogen and oxygen atoms in total. The zero-order chi connectivity index (χ0) is 14.7. The van der Waals surface area contributed by atoms with Crippen molar-refractivity contribution in [2.45, 2.75) is 13.5 Å². The number of para-hydroxylation sites is 1. The zero-order valence-electron chi connectivity index (χ0n) is 12.3. The number of piperazine rings is 1. The molecule has 0 aliphatic carbocycles. The number of nitriles is 1. The number of aromatic nitrogens is 1. The minimum Gasteiger partial charge on any atom is -0.300 e. The van der Waals surface area contributed by atoms with Crippen molar-refractivity contribution >= 4 is 21.6 Å². The van der Waals surface area contributed by atoms with Crippen LogP contribution in [-0.2, 0) is 6.54 Å². The molecule has 0 unspecified atom stereocenters. The molecule has 0 bridgehead atoms. The minimum atomic E-state index is 0.126. The van der Waals surface area contributed by atoms with Gasteiger partial charge in [-0.1, -0.05) is 12.1 Å². The number of nitrogens with zero attached hydrogens (tertiary/aromatic N) is 4. The molecule has 0 saturated carbocycles. The van der Waals surface area contributed by atoms with E-state index >= 15 is 0 Å². The fourth-order valence-electron chi connectivity index (χ4n) is 2.74. The van der Waals surface area contributed by atoms with E-state index in [2.05, 4.69) is 34.1 Å². The van der Waals surface area contributed by atoms with E-state index in [4.69, 9.17) is 10.2 Å². The van der Waals surface area contributed by atoms with Crippen molar-refractivity contribution in [1.29, 1.82) is 5.26 Å². The maximum absolute atomic E-state index is 8.89. The summed E-state index contributed by atoms with van der Waals surface area (Å²) in [5, 5.41) is 10.1. The molecule has 1 aromatic heterocycles. The van der Waals surface area contributed by atoms with Gasteiger partial charge in [0.15, 0.2) is 0 Å². The van der Waals surface area contributed by atoms with Gasteiger partial charge in [0.2, 0.25) is 0 Å². The molecule has 1 fully saturated rings. The van der Waals surface area contributed by atoms with E-state index in [1.807, 2.05) is 13.0 Å². The summed E-state index contributed by atoms with van der Waals surface area (Å²) in [6.07, 6.45) is 0. The predicted octanol–water partition coefficient (Wildman–Crippen LogP) is 2.57. The van der Waals surface area contributed by atoms with Gasteiger partial charge < -0.3 is 0 Å². The molecule has 2 heterocycles. The van der Waals surface area contributed by atoms with E-state index in [0.717, 1.165) is 44.8 Å². The zero-order valence-corrected chi connectivity index (χ0v) is 13.1. The molecule has 1 aliphatic rings. The van der Waals surface area contributed by atoms with Crippen LogP contribution in [0.5, 0.6) is 0 Å². The van der Waals surface area contributed by atoms with Crippen LogP contribution in [0, 0.1) is 17.2 Å². The molecule has 1 aliphatic heterocycles. The summed E-state index contributed by atoms with van der Waals surface area (Å²) in [4.78, 5) is 9.56. The first-order valence-corrected chi connectivity index (χ1v) is 8.25. The Morgan fingerprint density at radius 2 is 1.95 bits per heavy atom. The summed E-state index contributed by atoms with van der Waals surface area (Å²) >= 11 is 1.80. The van der Waals surface area contributed by atoms with Crippen LogP contribution >= 0.6 is 11.3 Å². The van der Waals surface area contributed by atoms with Gasteiger partial charge in [-0.15, -0.1) is 11.3 Å². The Morgan fingerprint density at radius 3 is 2.67 bits per heavy atom. The van der Waals surface area contributed by atoms with Crippen LogP contribution in [0.15, 0.2) is 24.3 Å². The predicted molar refractivity (Wildman–Crippen MR) is 86.1 cm³/mol. The van der Waals surface area contributed by atoms with Crippen molar-refractivity contribution in [3.05, 3.63) is 29.3 Å². The quantitative estimate of drug-likeness (QED) is 0.870.